The highest BCUT2D eigenvalue weighted by Gasteiger charge is 2.46. The average Bonchev–Trinajstić information content (AvgIpc) is 2.82. The van der Waals surface area contributed by atoms with Crippen LogP contribution in [-0.2, 0) is 37.2 Å². The Morgan fingerprint density at radius 3 is 2.61 bits per heavy atom. The largest absolute Gasteiger partial charge is 0.480 e. The number of nitrogens with zero attached hydrogens (tertiary/aromatic N) is 2. The predicted molar refractivity (Wildman–Crippen MR) is 119 cm³/mol. The van der Waals surface area contributed by atoms with Crippen LogP contribution < -0.4 is 4.72 Å². The number of nitriles is 1. The number of alkyl halides is 3. The Kier molecular flexibility index (Phi) is 8.02. The number of ether oxygens (including phenoxy) is 1. The fourth-order valence-electron chi connectivity index (χ4n) is 4.02. The first-order chi connectivity index (χ1) is 16.9. The lowest BCUT2D eigenvalue weighted by atomic mass is 9.93. The number of carboxylic acids is 1. The van der Waals surface area contributed by atoms with Crippen LogP contribution in [0.3, 0.4) is 0 Å². The Hall–Kier alpha value is -3.47. The minimum Gasteiger partial charge on any atom is -0.480 e. The monoisotopic (exact) mass is 525 g/mol. The number of fused-ring (bicyclic) bond motifs is 1. The summed E-state index contributed by atoms with van der Waals surface area (Å²) in [5, 5.41) is 18.6. The highest BCUT2D eigenvalue weighted by molar-refractivity contribution is 7.89. The minimum atomic E-state index is -5.12. The summed E-state index contributed by atoms with van der Waals surface area (Å²) in [6, 6.07) is 8.95. The van der Waals surface area contributed by atoms with Crippen molar-refractivity contribution in [3.8, 4) is 6.07 Å². The molecule has 3 rings (SSSR count). The maximum absolute atomic E-state index is 13.1. The van der Waals surface area contributed by atoms with Crippen molar-refractivity contribution in [3.05, 3.63) is 64.7 Å². The van der Waals surface area contributed by atoms with Crippen molar-refractivity contribution in [2.75, 3.05) is 20.3 Å². The molecule has 1 heterocycles. The van der Waals surface area contributed by atoms with Crippen molar-refractivity contribution in [1.82, 2.24) is 9.62 Å². The lowest BCUT2D eigenvalue weighted by Crippen LogP contribution is -2.48. The molecule has 2 aromatic rings. The molecule has 1 aliphatic heterocycles. The van der Waals surface area contributed by atoms with Crippen LogP contribution in [0.4, 0.5) is 13.2 Å². The predicted octanol–water partition coefficient (Wildman–Crippen LogP) is 2.17. The van der Waals surface area contributed by atoms with Crippen LogP contribution in [-0.4, -0.2) is 62.8 Å². The van der Waals surface area contributed by atoms with Gasteiger partial charge in [0.2, 0.25) is 10.0 Å². The van der Waals surface area contributed by atoms with E-state index in [0.29, 0.717) is 16.0 Å². The third-order valence-electron chi connectivity index (χ3n) is 5.70. The number of nitrogens with one attached hydrogen (secondary N) is 1. The number of hydrogen-bond acceptors (Lipinski definition) is 6. The summed E-state index contributed by atoms with van der Waals surface area (Å²) in [4.78, 5) is 24.0. The van der Waals surface area contributed by atoms with Gasteiger partial charge in [-0.2, -0.15) is 23.2 Å². The van der Waals surface area contributed by atoms with E-state index in [4.69, 9.17) is 10.00 Å². The van der Waals surface area contributed by atoms with E-state index in [1.54, 1.807) is 6.07 Å². The molecular weight excluding hydrogens is 503 g/mol. The van der Waals surface area contributed by atoms with Gasteiger partial charge in [0.15, 0.2) is 0 Å². The number of rotatable bonds is 8. The molecule has 0 radical (unpaired) electrons. The Bertz CT molecular complexity index is 1310. The van der Waals surface area contributed by atoms with E-state index in [-0.39, 0.29) is 42.0 Å². The highest BCUT2D eigenvalue weighted by Crippen LogP contribution is 2.34. The number of carboxylic acid groups (broad SMARTS) is 1. The maximum atomic E-state index is 13.1. The van der Waals surface area contributed by atoms with Gasteiger partial charge in [0.1, 0.15) is 6.04 Å². The van der Waals surface area contributed by atoms with Gasteiger partial charge in [0.25, 0.3) is 0 Å². The fraction of sp³-hybridized carbons (Fsp3) is 0.348. The number of sulfonamides is 1. The van der Waals surface area contributed by atoms with E-state index in [1.165, 1.54) is 37.4 Å². The quantitative estimate of drug-likeness (QED) is 0.539. The topological polar surface area (TPSA) is 137 Å². The average molecular weight is 526 g/mol. The van der Waals surface area contributed by atoms with Gasteiger partial charge in [-0.1, -0.05) is 18.2 Å². The zero-order valence-corrected chi connectivity index (χ0v) is 19.8. The van der Waals surface area contributed by atoms with Gasteiger partial charge < -0.3 is 14.7 Å². The van der Waals surface area contributed by atoms with Crippen LogP contribution in [0.1, 0.15) is 28.3 Å². The molecule has 2 atom stereocenters. The van der Waals surface area contributed by atoms with Crippen LogP contribution in [0.2, 0.25) is 0 Å². The van der Waals surface area contributed by atoms with Crippen LogP contribution in [0.5, 0.6) is 0 Å². The maximum Gasteiger partial charge on any atom is 0.471 e. The SMILES string of the molecule is COCC1c2cc(S(=O)(=O)N[C@@H](Cc3cccc(C#N)c3)C(=O)O)ccc2CCN1C(=O)C(F)(F)F. The molecule has 1 amide bonds. The van der Waals surface area contributed by atoms with Gasteiger partial charge in [-0.3, -0.25) is 9.59 Å². The molecule has 2 aromatic carbocycles. The summed E-state index contributed by atoms with van der Waals surface area (Å²) in [6.07, 6.45) is -5.31. The zero-order chi connectivity index (χ0) is 26.7. The Morgan fingerprint density at radius 1 is 1.28 bits per heavy atom. The Balaban J connectivity index is 1.93. The Morgan fingerprint density at radius 2 is 2.00 bits per heavy atom. The van der Waals surface area contributed by atoms with E-state index in [2.05, 4.69) is 4.72 Å². The smallest absolute Gasteiger partial charge is 0.471 e. The first-order valence-corrected chi connectivity index (χ1v) is 12.1. The molecule has 0 saturated carbocycles. The number of halogens is 3. The number of carbonyl (C=O) groups excluding carboxylic acids is 1. The molecule has 0 aliphatic carbocycles. The van der Waals surface area contributed by atoms with Crippen molar-refractivity contribution in [1.29, 1.82) is 5.26 Å². The van der Waals surface area contributed by atoms with E-state index in [1.807, 2.05) is 6.07 Å². The third-order valence-corrected chi connectivity index (χ3v) is 7.17. The van der Waals surface area contributed by atoms with Crippen LogP contribution in [0, 0.1) is 11.3 Å². The second kappa shape index (κ2) is 10.7. The molecule has 192 valence electrons. The number of hydrogen-bond donors (Lipinski definition) is 2. The molecule has 1 aliphatic rings. The van der Waals surface area contributed by atoms with Crippen molar-refractivity contribution >= 4 is 21.9 Å². The molecule has 0 bridgehead atoms. The lowest BCUT2D eigenvalue weighted by molar-refractivity contribution is -0.189. The van der Waals surface area contributed by atoms with E-state index in [0.717, 1.165) is 6.07 Å². The van der Waals surface area contributed by atoms with Crippen molar-refractivity contribution < 1.29 is 41.0 Å². The molecule has 13 heteroatoms. The summed E-state index contributed by atoms with van der Waals surface area (Å²) in [7, 11) is -3.20. The Labute approximate surface area is 205 Å². The molecule has 0 spiro atoms. The molecule has 9 nitrogen and oxygen atoms in total. The van der Waals surface area contributed by atoms with E-state index < -0.39 is 40.2 Å². The van der Waals surface area contributed by atoms with Gasteiger partial charge in [-0.15, -0.1) is 0 Å². The normalized spacial score (nSPS) is 16.6. The molecule has 0 saturated heterocycles. The standard InChI is InChI=1S/C23H22F3N3O6S/c1-35-13-20-18-11-17(6-5-16(18)7-8-29(20)22(32)23(24,25)26)36(33,34)28-19(21(30)31)10-14-3-2-4-15(9-14)12-27/h2-6,9,11,19-20,28H,7-8,10,13H2,1H3,(H,30,31)/t19-,20?/m0/s1. The lowest BCUT2D eigenvalue weighted by Gasteiger charge is -2.37. The summed E-state index contributed by atoms with van der Waals surface area (Å²) in [5.41, 5.74) is 1.40. The summed E-state index contributed by atoms with van der Waals surface area (Å²) in [6.45, 7) is -0.536. The minimum absolute atomic E-state index is 0.0676. The van der Waals surface area contributed by atoms with Crippen molar-refractivity contribution in [2.24, 2.45) is 0 Å². The first-order valence-electron chi connectivity index (χ1n) is 10.6. The van der Waals surface area contributed by atoms with Crippen LogP contribution in [0.15, 0.2) is 47.4 Å². The molecular formula is C23H22F3N3O6S. The molecule has 0 fully saturated rings. The van der Waals surface area contributed by atoms with Gasteiger partial charge >= 0.3 is 18.1 Å². The number of carbonyl (C=O) groups is 2. The summed E-state index contributed by atoms with van der Waals surface area (Å²) in [5.74, 6) is -3.52. The highest BCUT2D eigenvalue weighted by atomic mass is 32.2. The summed E-state index contributed by atoms with van der Waals surface area (Å²) >= 11 is 0. The third kappa shape index (κ3) is 6.01. The zero-order valence-electron chi connectivity index (χ0n) is 18.9. The molecule has 1 unspecified atom stereocenters. The molecule has 36 heavy (non-hydrogen) atoms. The first kappa shape index (κ1) is 27.1. The van der Waals surface area contributed by atoms with Gasteiger partial charge in [0.05, 0.1) is 29.2 Å². The van der Waals surface area contributed by atoms with Crippen molar-refractivity contribution in [2.45, 2.75) is 36.0 Å². The fourth-order valence-corrected chi connectivity index (χ4v) is 5.25. The van der Waals surface area contributed by atoms with E-state index in [9.17, 15) is 36.3 Å². The number of benzene rings is 2. The van der Waals surface area contributed by atoms with Gasteiger partial charge in [0, 0.05) is 13.7 Å². The van der Waals surface area contributed by atoms with Crippen LogP contribution in [0.25, 0.3) is 0 Å². The summed E-state index contributed by atoms with van der Waals surface area (Å²) < 4.78 is 72.6. The van der Waals surface area contributed by atoms with Gasteiger partial charge in [-0.05, 0) is 53.8 Å². The number of amides is 1. The van der Waals surface area contributed by atoms with Gasteiger partial charge in [-0.25, -0.2) is 8.42 Å². The molecule has 0 aromatic heterocycles. The molecule has 2 N–H and O–H groups in total. The van der Waals surface area contributed by atoms with E-state index >= 15 is 0 Å². The number of methoxy groups -OCH3 is 1. The second-order valence-electron chi connectivity index (χ2n) is 8.11. The second-order valence-corrected chi connectivity index (χ2v) is 9.82. The van der Waals surface area contributed by atoms with Crippen molar-refractivity contribution in [3.63, 3.8) is 0 Å². The number of aliphatic carboxylic acids is 1. The van der Waals surface area contributed by atoms with Crippen LogP contribution >= 0.6 is 0 Å².